The second-order valence-electron chi connectivity index (χ2n) is 3.62. The molecule has 0 aromatic heterocycles. The highest BCUT2D eigenvalue weighted by atomic mass is 19.1. The van der Waals surface area contributed by atoms with Crippen molar-refractivity contribution < 1.29 is 9.13 Å². The molecule has 0 bridgehead atoms. The van der Waals surface area contributed by atoms with Gasteiger partial charge in [-0.1, -0.05) is 13.8 Å². The van der Waals surface area contributed by atoms with Gasteiger partial charge in [0.2, 0.25) is 0 Å². The van der Waals surface area contributed by atoms with Crippen molar-refractivity contribution in [2.24, 2.45) is 5.92 Å². The summed E-state index contributed by atoms with van der Waals surface area (Å²) in [5.41, 5.74) is 0.836. The molecule has 0 aliphatic rings. The fraction of sp³-hybridized carbons (Fsp3) is 0.455. The number of anilines is 1. The second kappa shape index (κ2) is 4.84. The summed E-state index contributed by atoms with van der Waals surface area (Å²) in [6, 6.07) is 4.49. The topological polar surface area (TPSA) is 21.3 Å². The summed E-state index contributed by atoms with van der Waals surface area (Å²) >= 11 is 0. The van der Waals surface area contributed by atoms with E-state index in [9.17, 15) is 4.39 Å². The predicted molar refractivity (Wildman–Crippen MR) is 56.3 cm³/mol. The van der Waals surface area contributed by atoms with E-state index in [2.05, 4.69) is 19.2 Å². The number of methoxy groups -OCH3 is 1. The van der Waals surface area contributed by atoms with Crippen LogP contribution in [0.1, 0.15) is 13.8 Å². The highest BCUT2D eigenvalue weighted by Gasteiger charge is 2.04. The van der Waals surface area contributed by atoms with Gasteiger partial charge in [-0.2, -0.15) is 0 Å². The van der Waals surface area contributed by atoms with Gasteiger partial charge in [-0.25, -0.2) is 4.39 Å². The number of nitrogens with one attached hydrogen (secondary N) is 1. The van der Waals surface area contributed by atoms with Gasteiger partial charge < -0.3 is 10.1 Å². The maximum absolute atomic E-state index is 12.8. The van der Waals surface area contributed by atoms with Crippen LogP contribution in [-0.4, -0.2) is 13.7 Å². The summed E-state index contributed by atoms with van der Waals surface area (Å²) in [4.78, 5) is 0. The summed E-state index contributed by atoms with van der Waals surface area (Å²) < 4.78 is 17.9. The van der Waals surface area contributed by atoms with Crippen LogP contribution in [0.2, 0.25) is 0 Å². The first-order chi connectivity index (χ1) is 6.63. The summed E-state index contributed by atoms with van der Waals surface area (Å²) in [5, 5.41) is 3.20. The first-order valence-corrected chi connectivity index (χ1v) is 4.71. The Kier molecular flexibility index (Phi) is 3.74. The fourth-order valence-electron chi connectivity index (χ4n) is 1.13. The molecule has 3 heteroatoms. The van der Waals surface area contributed by atoms with Gasteiger partial charge in [0, 0.05) is 12.6 Å². The number of rotatable bonds is 4. The Morgan fingerprint density at radius 1 is 1.43 bits per heavy atom. The third-order valence-corrected chi connectivity index (χ3v) is 1.86. The first-order valence-electron chi connectivity index (χ1n) is 4.71. The molecule has 0 aliphatic heterocycles. The van der Waals surface area contributed by atoms with E-state index in [4.69, 9.17) is 4.74 Å². The molecule has 0 amide bonds. The van der Waals surface area contributed by atoms with Crippen molar-refractivity contribution >= 4 is 5.69 Å². The highest BCUT2D eigenvalue weighted by molar-refractivity contribution is 5.56. The molecule has 1 aromatic rings. The summed E-state index contributed by atoms with van der Waals surface area (Å²) in [7, 11) is 1.54. The second-order valence-corrected chi connectivity index (χ2v) is 3.62. The lowest BCUT2D eigenvalue weighted by Crippen LogP contribution is -2.08. The Bertz CT molecular complexity index is 299. The molecular weight excluding hydrogens is 181 g/mol. The number of ether oxygens (including phenoxy) is 1. The molecule has 0 atom stereocenters. The quantitative estimate of drug-likeness (QED) is 0.801. The van der Waals surface area contributed by atoms with E-state index in [0.717, 1.165) is 12.2 Å². The Hall–Kier alpha value is -1.25. The van der Waals surface area contributed by atoms with Crippen LogP contribution in [0.15, 0.2) is 18.2 Å². The Morgan fingerprint density at radius 2 is 2.14 bits per heavy atom. The van der Waals surface area contributed by atoms with Crippen LogP contribution >= 0.6 is 0 Å². The lowest BCUT2D eigenvalue weighted by Gasteiger charge is -2.12. The van der Waals surface area contributed by atoms with Crippen molar-refractivity contribution in [1.82, 2.24) is 0 Å². The third kappa shape index (κ3) is 2.91. The van der Waals surface area contributed by atoms with Gasteiger partial charge in [-0.05, 0) is 18.1 Å². The van der Waals surface area contributed by atoms with E-state index >= 15 is 0 Å². The van der Waals surface area contributed by atoms with Gasteiger partial charge in [0.1, 0.15) is 11.6 Å². The van der Waals surface area contributed by atoms with Crippen molar-refractivity contribution in [2.45, 2.75) is 13.8 Å². The van der Waals surface area contributed by atoms with Crippen LogP contribution in [0.3, 0.4) is 0 Å². The minimum absolute atomic E-state index is 0.281. The van der Waals surface area contributed by atoms with Crippen LogP contribution in [0.25, 0.3) is 0 Å². The van der Waals surface area contributed by atoms with E-state index in [0.29, 0.717) is 11.7 Å². The molecule has 0 spiro atoms. The maximum atomic E-state index is 12.8. The van der Waals surface area contributed by atoms with Crippen LogP contribution < -0.4 is 10.1 Å². The molecule has 0 aliphatic carbocycles. The number of halogens is 1. The van der Waals surface area contributed by atoms with Crippen molar-refractivity contribution in [2.75, 3.05) is 19.0 Å². The molecule has 1 N–H and O–H groups in total. The third-order valence-electron chi connectivity index (χ3n) is 1.86. The molecule has 0 radical (unpaired) electrons. The zero-order valence-corrected chi connectivity index (χ0v) is 8.80. The van der Waals surface area contributed by atoms with E-state index in [-0.39, 0.29) is 5.82 Å². The monoisotopic (exact) mass is 197 g/mol. The lowest BCUT2D eigenvalue weighted by molar-refractivity contribution is 0.413. The van der Waals surface area contributed by atoms with E-state index in [1.807, 2.05) is 0 Å². The van der Waals surface area contributed by atoms with Crippen molar-refractivity contribution in [3.63, 3.8) is 0 Å². The minimum atomic E-state index is -0.281. The van der Waals surface area contributed by atoms with Crippen molar-refractivity contribution in [3.05, 3.63) is 24.0 Å². The lowest BCUT2D eigenvalue weighted by atomic mass is 10.2. The molecular formula is C11H16FNO. The van der Waals surface area contributed by atoms with Gasteiger partial charge >= 0.3 is 0 Å². The maximum Gasteiger partial charge on any atom is 0.144 e. The smallest absolute Gasteiger partial charge is 0.144 e. The van der Waals surface area contributed by atoms with Crippen LogP contribution in [0.4, 0.5) is 10.1 Å². The normalized spacial score (nSPS) is 10.4. The summed E-state index contributed by atoms with van der Waals surface area (Å²) in [6.45, 7) is 5.08. The number of benzene rings is 1. The molecule has 0 heterocycles. The van der Waals surface area contributed by atoms with Gasteiger partial charge in [0.05, 0.1) is 12.8 Å². The fourth-order valence-corrected chi connectivity index (χ4v) is 1.13. The van der Waals surface area contributed by atoms with E-state index in [1.54, 1.807) is 6.07 Å². The average molecular weight is 197 g/mol. The predicted octanol–water partition coefficient (Wildman–Crippen LogP) is 2.90. The van der Waals surface area contributed by atoms with Gasteiger partial charge in [-0.15, -0.1) is 0 Å². The summed E-state index contributed by atoms with van der Waals surface area (Å²) in [5.74, 6) is 0.812. The van der Waals surface area contributed by atoms with Crippen LogP contribution in [0.5, 0.6) is 5.75 Å². The Morgan fingerprint density at radius 3 is 2.71 bits per heavy atom. The van der Waals surface area contributed by atoms with E-state index < -0.39 is 0 Å². The van der Waals surface area contributed by atoms with Crippen LogP contribution in [-0.2, 0) is 0 Å². The zero-order valence-electron chi connectivity index (χ0n) is 8.80. The number of hydrogen-bond donors (Lipinski definition) is 1. The molecule has 14 heavy (non-hydrogen) atoms. The molecule has 0 saturated carbocycles. The molecule has 1 rings (SSSR count). The SMILES string of the molecule is COc1cc(F)ccc1NCC(C)C. The summed E-state index contributed by atoms with van der Waals surface area (Å²) in [6.07, 6.45) is 0. The Labute approximate surface area is 84.1 Å². The minimum Gasteiger partial charge on any atom is -0.494 e. The Balaban J connectivity index is 2.75. The number of hydrogen-bond acceptors (Lipinski definition) is 2. The van der Waals surface area contributed by atoms with Gasteiger partial charge in [0.25, 0.3) is 0 Å². The van der Waals surface area contributed by atoms with Crippen molar-refractivity contribution in [1.29, 1.82) is 0 Å². The van der Waals surface area contributed by atoms with Gasteiger partial charge in [0.15, 0.2) is 0 Å². The molecule has 0 saturated heterocycles. The molecule has 2 nitrogen and oxygen atoms in total. The molecule has 78 valence electrons. The van der Waals surface area contributed by atoms with E-state index in [1.165, 1.54) is 19.2 Å². The van der Waals surface area contributed by atoms with Crippen LogP contribution in [0, 0.1) is 11.7 Å². The van der Waals surface area contributed by atoms with Crippen molar-refractivity contribution in [3.8, 4) is 5.75 Å². The molecule has 1 aromatic carbocycles. The first kappa shape index (κ1) is 10.8. The van der Waals surface area contributed by atoms with Gasteiger partial charge in [-0.3, -0.25) is 0 Å². The zero-order chi connectivity index (χ0) is 10.6. The highest BCUT2D eigenvalue weighted by Crippen LogP contribution is 2.24. The average Bonchev–Trinajstić information content (AvgIpc) is 2.15. The molecule has 0 unspecified atom stereocenters. The molecule has 0 fully saturated rings. The standard InChI is InChI=1S/C11H16FNO/c1-8(2)7-13-10-5-4-9(12)6-11(10)14-3/h4-6,8,13H,7H2,1-3H3. The largest absolute Gasteiger partial charge is 0.494 e.